The zero-order valence-corrected chi connectivity index (χ0v) is 85.4. The number of hydrogen-bond acceptors (Lipinski definition) is 27. The van der Waals surface area contributed by atoms with Gasteiger partial charge < -0.3 is 109 Å². The first-order chi connectivity index (χ1) is 59.5. The fraction of sp³-hybridized carbons (Fsp3) is 0.309. The van der Waals surface area contributed by atoms with E-state index in [1.54, 1.807) is 92.2 Å². The van der Waals surface area contributed by atoms with Crippen LogP contribution in [0, 0.1) is 0 Å². The van der Waals surface area contributed by atoms with Crippen molar-refractivity contribution in [1.29, 1.82) is 0 Å². The van der Waals surface area contributed by atoms with Gasteiger partial charge >= 0.3 is 176 Å². The van der Waals surface area contributed by atoms with E-state index < -0.39 is 60.8 Å². The van der Waals surface area contributed by atoms with Crippen LogP contribution in [-0.4, -0.2) is 159 Å². The summed E-state index contributed by atoms with van der Waals surface area (Å²) in [7, 11) is 16.1. The van der Waals surface area contributed by atoms with Gasteiger partial charge in [-0.05, 0) is 90.6 Å². The van der Waals surface area contributed by atoms with E-state index in [0.29, 0.717) is 72.2 Å². The molecule has 29 nitrogen and oxygen atoms in total. The summed E-state index contributed by atoms with van der Waals surface area (Å²) in [5.41, 5.74) is 10.3. The number of carboxylic acid groups (broad SMARTS) is 1. The molecule has 0 atom stereocenters. The van der Waals surface area contributed by atoms with Crippen LogP contribution in [0.1, 0.15) is 95.3 Å². The molecule has 9 aromatic rings. The van der Waals surface area contributed by atoms with E-state index in [4.69, 9.17) is 63.9 Å². The number of methoxy groups -OCH3 is 10. The molecule has 0 unspecified atom stereocenters. The number of carbonyl (C=O) groups excluding carboxylic acids is 4. The molecule has 694 valence electrons. The molecule has 0 bridgehead atoms. The van der Waals surface area contributed by atoms with Gasteiger partial charge in [0.25, 0.3) is 6.47 Å². The fourth-order valence-corrected chi connectivity index (χ4v) is 10.2. The molecule has 0 aliphatic heterocycles. The fourth-order valence-electron chi connectivity index (χ4n) is 10.2. The minimum atomic E-state index is -4.89. The van der Waals surface area contributed by atoms with Crippen molar-refractivity contribution in [2.75, 3.05) is 76.0 Å². The van der Waals surface area contributed by atoms with E-state index in [2.05, 4.69) is 76.4 Å². The van der Waals surface area contributed by atoms with Crippen molar-refractivity contribution in [3.63, 3.8) is 0 Å². The molecule has 0 radical (unpaired) electrons. The second kappa shape index (κ2) is 61.1. The molecule has 1 fully saturated rings. The maximum Gasteiger partial charge on any atom is 1.00 e. The van der Waals surface area contributed by atoms with Crippen molar-refractivity contribution in [2.45, 2.75) is 83.3 Å². The average molecular weight is 2190 g/mol. The minimum Gasteiger partial charge on any atom is -1.00 e. The van der Waals surface area contributed by atoms with Crippen LogP contribution < -0.4 is 230 Å². The van der Waals surface area contributed by atoms with Crippen molar-refractivity contribution >= 4 is 53.9 Å². The zero-order chi connectivity index (χ0) is 95.1. The predicted octanol–water partition coefficient (Wildman–Crippen LogP) is 10.5. The van der Waals surface area contributed by atoms with Crippen LogP contribution >= 0.6 is 22.6 Å². The number of nitrogens with zero attached hydrogens (tertiary/aromatic N) is 2. The Morgan fingerprint density at radius 2 is 0.727 bits per heavy atom. The van der Waals surface area contributed by atoms with E-state index in [9.17, 15) is 85.0 Å². The predicted molar refractivity (Wildman–Crippen MR) is 428 cm³/mol. The number of carboxylic acids is 1. The Balaban J connectivity index is 0. The van der Waals surface area contributed by atoms with Crippen LogP contribution in [-0.2, 0) is 49.5 Å². The quantitative estimate of drug-likeness (QED) is 0.00697. The summed E-state index contributed by atoms with van der Waals surface area (Å²) >= 11 is 2.15. The van der Waals surface area contributed by atoms with Crippen molar-refractivity contribution in [2.24, 2.45) is 12.8 Å². The van der Waals surface area contributed by atoms with E-state index in [1.165, 1.54) is 79.6 Å². The second-order valence-corrected chi connectivity index (χ2v) is 23.7. The number of benzene rings is 8. The number of rotatable bonds is 30. The van der Waals surface area contributed by atoms with Crippen molar-refractivity contribution in [3.05, 3.63) is 208 Å². The third-order valence-corrected chi connectivity index (χ3v) is 15.6. The molecule has 1 saturated carbocycles. The van der Waals surface area contributed by atoms with Crippen LogP contribution in [0.4, 0.5) is 65.9 Å². The van der Waals surface area contributed by atoms with Crippen LogP contribution in [0.2, 0.25) is 0 Å². The Hall–Kier alpha value is -8.66. The largest absolute Gasteiger partial charge is 1.00 e. The number of para-hydroxylation sites is 5. The molecule has 1 aliphatic rings. The summed E-state index contributed by atoms with van der Waals surface area (Å²) in [6.45, 7) is 1.76. The number of nitrogens with two attached hydrogens (primary N) is 1. The Labute approximate surface area is 856 Å². The molecule has 1 heterocycles. The van der Waals surface area contributed by atoms with Gasteiger partial charge in [0.15, 0.2) is 76.4 Å². The number of carbonyl (C=O) groups is 5. The number of hydrogen-bond donors (Lipinski definition) is 5. The number of alkyl halides is 16. The first-order valence-electron chi connectivity index (χ1n) is 35.3. The number of ether oxygens (including phenoxy) is 15. The number of aldehydes is 3. The van der Waals surface area contributed by atoms with Gasteiger partial charge in [0.05, 0.1) is 93.5 Å². The normalized spacial score (nSPS) is 11.0. The number of aromatic carboxylic acids is 1. The topological polar surface area (TPSA) is 364 Å². The van der Waals surface area contributed by atoms with Gasteiger partial charge in [-0.1, -0.05) is 83.3 Å². The van der Waals surface area contributed by atoms with Crippen LogP contribution in [0.5, 0.6) is 92.0 Å². The van der Waals surface area contributed by atoms with Gasteiger partial charge in [0.1, 0.15) is 40.2 Å². The van der Waals surface area contributed by atoms with Gasteiger partial charge in [0, 0.05) is 91.7 Å². The standard InChI is InChI=1S/2C18H20F3NO4.2C9H7F3O3.C9H13NO2.C8H5F3O3.C8H10N2O2.CH3I.CH2O3.2Cs.H/c2*1-23-14-8-7-12(16(9-14)24-2)10-22-11-13-5-4-6-15(17(13)25-3)26-18(19,20)21;2*1-14-8-6(5-13)3-2-4-7(8)15-9(10,11)12;1-11-8-4-3-7(6-10)9(5-8)12-2;9-8(10,11)14-6-3-1-2-5(4-12)7(6)13;1-10-7(8(11)12)4-6(9-10)5-2-3-5;1-2;2-1-4-3;;;/h2*4-9,22H,10-11H2,1-3H3;2*2-5H,1H3;3-5H,6,10H2,1-2H3;1-4,13H;4-5H,2-3H2,1H3,(H,11,12);1H3;1,3H;;;/q;;;;;;;;;2*+1;-1/p-1. The number of phenolic OH excluding ortho intramolecular Hbond substituents is 1. The number of nitrogens with one attached hydrogen (secondary N) is 2. The first-order valence-corrected chi connectivity index (χ1v) is 37.4. The summed E-state index contributed by atoms with van der Waals surface area (Å²) < 4.78 is 253. The van der Waals surface area contributed by atoms with Crippen LogP contribution in [0.25, 0.3) is 0 Å². The van der Waals surface area contributed by atoms with Crippen molar-refractivity contribution in [1.82, 2.24) is 20.4 Å². The Kier molecular flexibility index (Phi) is 56.9. The Morgan fingerprint density at radius 1 is 0.438 bits per heavy atom. The van der Waals surface area contributed by atoms with Gasteiger partial charge in [0.2, 0.25) is 0 Å². The minimum absolute atomic E-state index is 0. The van der Waals surface area contributed by atoms with Gasteiger partial charge in [-0.15, -0.1) is 65.9 Å². The molecule has 1 aliphatic carbocycles. The third-order valence-electron chi connectivity index (χ3n) is 15.6. The van der Waals surface area contributed by atoms with Crippen LogP contribution in [0.15, 0.2) is 152 Å². The summed E-state index contributed by atoms with van der Waals surface area (Å²) in [5, 5.41) is 36.7. The molecule has 10 rings (SSSR count). The molecule has 0 spiro atoms. The maximum absolute atomic E-state index is 12.5. The number of aromatic nitrogens is 2. The van der Waals surface area contributed by atoms with E-state index in [0.717, 1.165) is 79.1 Å². The smallest absolute Gasteiger partial charge is 1.00 e. The first kappa shape index (κ1) is 119. The summed E-state index contributed by atoms with van der Waals surface area (Å²) in [4.78, 5) is 55.1. The van der Waals surface area contributed by atoms with E-state index in [-0.39, 0.29) is 222 Å². The van der Waals surface area contributed by atoms with Crippen molar-refractivity contribution < 1.29 is 320 Å². The Morgan fingerprint density at radius 3 is 1.00 bits per heavy atom. The number of phenols is 1. The average Bonchev–Trinajstić information content (AvgIpc) is 1.67. The molecule has 6 N–H and O–H groups in total. The SMILES string of the molecule is CI.COc1c(C=O)cccc1OC(F)(F)F.COc1c(C=O)cccc1OC(F)(F)F.COc1ccc(CN)c(OC)c1.COc1ccc(CNCc2cccc(OC(F)(F)F)c2OC)c(OC)c1.COc1ccc(CNCc2cccc(OC(F)(F)F)c2OC)c(OC)c1.Cn1nc(C2CC2)cc1C(=O)O.O=CO[O-].O=Cc1cccc(OC(F)(F)F)c1O.[Cs+].[Cs+].[H-]. The third kappa shape index (κ3) is 44.3. The number of aromatic hydroxyl groups is 1. The van der Waals surface area contributed by atoms with Crippen molar-refractivity contribution in [3.8, 4) is 92.0 Å². The summed E-state index contributed by atoms with van der Waals surface area (Å²) in [6.07, 6.45) is -20.8. The molecule has 128 heavy (non-hydrogen) atoms. The molecule has 0 saturated heterocycles. The molecular weight excluding hydrogens is 2100 g/mol. The van der Waals surface area contributed by atoms with Crippen LogP contribution in [0.3, 0.4) is 0 Å². The van der Waals surface area contributed by atoms with Gasteiger partial charge in [-0.2, -0.15) is 5.10 Å². The molecule has 0 amide bonds. The maximum atomic E-state index is 12.5. The van der Waals surface area contributed by atoms with E-state index >= 15 is 0 Å². The van der Waals surface area contributed by atoms with E-state index in [1.807, 2.05) is 35.3 Å². The number of halogens is 16. The molecule has 47 heteroatoms. The molecule has 1 aromatic heterocycles. The van der Waals surface area contributed by atoms with Gasteiger partial charge in [-0.25, -0.2) is 4.79 Å². The molecular formula is C81H87Cs2F15IN5O24. The summed E-state index contributed by atoms with van der Waals surface area (Å²) in [6, 6.07) is 37.4. The summed E-state index contributed by atoms with van der Waals surface area (Å²) in [5.74, 6) is 0.00746. The monoisotopic (exact) mass is 2190 g/mol. The number of aryl methyl sites for hydroxylation is 1. The molecule has 8 aromatic carbocycles. The second-order valence-electron chi connectivity index (χ2n) is 23.7. The zero-order valence-electron chi connectivity index (χ0n) is 71.7. The Bertz CT molecular complexity index is 4650. The van der Waals surface area contributed by atoms with Gasteiger partial charge in [-0.3, -0.25) is 23.9 Å².